The van der Waals surface area contributed by atoms with E-state index in [4.69, 9.17) is 9.84 Å². The predicted octanol–water partition coefficient (Wildman–Crippen LogP) is 1.23. The van der Waals surface area contributed by atoms with Crippen LogP contribution >= 0.6 is 0 Å². The molecule has 1 fully saturated rings. The molecule has 1 aromatic rings. The highest BCUT2D eigenvalue weighted by Gasteiger charge is 2.34. The van der Waals surface area contributed by atoms with Gasteiger partial charge in [0.15, 0.2) is 0 Å². The molecule has 2 rings (SSSR count). The van der Waals surface area contributed by atoms with E-state index in [9.17, 15) is 8.42 Å². The lowest BCUT2D eigenvalue weighted by atomic mass is 10.3. The lowest BCUT2D eigenvalue weighted by Gasteiger charge is -2.16. The summed E-state index contributed by atoms with van der Waals surface area (Å²) in [6, 6.07) is 6.56. The second kappa shape index (κ2) is 5.90. The molecule has 19 heavy (non-hydrogen) atoms. The van der Waals surface area contributed by atoms with Gasteiger partial charge in [0, 0.05) is 26.1 Å². The fraction of sp³-hybridized carbons (Fsp3) is 0.538. The molecule has 6 heteroatoms. The van der Waals surface area contributed by atoms with Gasteiger partial charge in [-0.2, -0.15) is 4.31 Å². The lowest BCUT2D eigenvalue weighted by molar-refractivity contribution is 0.233. The van der Waals surface area contributed by atoms with E-state index in [0.717, 1.165) is 12.8 Å². The standard InChI is InChI=1S/C13H19NO4S/c1-14(11-3-4-11)19(16,17)13-7-5-12(6-8-13)18-10-2-9-15/h5-8,11,15H,2-4,9-10H2,1H3. The Labute approximate surface area is 113 Å². The van der Waals surface area contributed by atoms with Crippen molar-refractivity contribution in [3.05, 3.63) is 24.3 Å². The Morgan fingerprint density at radius 2 is 1.95 bits per heavy atom. The van der Waals surface area contributed by atoms with Crippen molar-refractivity contribution in [3.63, 3.8) is 0 Å². The van der Waals surface area contributed by atoms with Gasteiger partial charge in [0.25, 0.3) is 0 Å². The van der Waals surface area contributed by atoms with Gasteiger partial charge >= 0.3 is 0 Å². The largest absolute Gasteiger partial charge is 0.494 e. The highest BCUT2D eigenvalue weighted by molar-refractivity contribution is 7.89. The monoisotopic (exact) mass is 285 g/mol. The van der Waals surface area contributed by atoms with Crippen LogP contribution in [0, 0.1) is 0 Å². The van der Waals surface area contributed by atoms with E-state index in [1.165, 1.54) is 4.31 Å². The molecule has 1 aliphatic carbocycles. The smallest absolute Gasteiger partial charge is 0.243 e. The van der Waals surface area contributed by atoms with Crippen LogP contribution in [0.4, 0.5) is 0 Å². The first-order chi connectivity index (χ1) is 9.05. The summed E-state index contributed by atoms with van der Waals surface area (Å²) in [5.41, 5.74) is 0. The number of aliphatic hydroxyl groups excluding tert-OH is 1. The zero-order valence-electron chi connectivity index (χ0n) is 10.9. The van der Waals surface area contributed by atoms with E-state index in [-0.39, 0.29) is 17.5 Å². The summed E-state index contributed by atoms with van der Waals surface area (Å²) in [6.07, 6.45) is 2.45. The van der Waals surface area contributed by atoms with Gasteiger partial charge in [0.05, 0.1) is 11.5 Å². The van der Waals surface area contributed by atoms with Crippen molar-refractivity contribution < 1.29 is 18.3 Å². The average molecular weight is 285 g/mol. The van der Waals surface area contributed by atoms with Crippen molar-refractivity contribution in [3.8, 4) is 5.75 Å². The average Bonchev–Trinajstić information content (AvgIpc) is 3.23. The summed E-state index contributed by atoms with van der Waals surface area (Å²) in [5.74, 6) is 0.612. The lowest BCUT2D eigenvalue weighted by Crippen LogP contribution is -2.28. The van der Waals surface area contributed by atoms with Gasteiger partial charge in [-0.05, 0) is 37.1 Å². The number of aliphatic hydroxyl groups is 1. The summed E-state index contributed by atoms with van der Waals surface area (Å²) in [5, 5.41) is 8.65. The zero-order chi connectivity index (χ0) is 13.9. The number of rotatable bonds is 7. The van der Waals surface area contributed by atoms with Gasteiger partial charge in [-0.1, -0.05) is 0 Å². The van der Waals surface area contributed by atoms with Crippen LogP contribution in [0.1, 0.15) is 19.3 Å². The molecule has 0 atom stereocenters. The summed E-state index contributed by atoms with van der Waals surface area (Å²) in [7, 11) is -1.76. The van der Waals surface area contributed by atoms with Crippen molar-refractivity contribution in [2.24, 2.45) is 0 Å². The van der Waals surface area contributed by atoms with Gasteiger partial charge in [-0.3, -0.25) is 0 Å². The molecule has 1 aromatic carbocycles. The minimum absolute atomic E-state index is 0.0820. The first-order valence-electron chi connectivity index (χ1n) is 6.37. The van der Waals surface area contributed by atoms with Crippen molar-refractivity contribution in [2.45, 2.75) is 30.2 Å². The number of ether oxygens (including phenoxy) is 1. The normalized spacial score (nSPS) is 15.7. The van der Waals surface area contributed by atoms with Crippen LogP contribution in [0.3, 0.4) is 0 Å². The topological polar surface area (TPSA) is 66.8 Å². The Kier molecular flexibility index (Phi) is 4.44. The number of hydrogen-bond donors (Lipinski definition) is 1. The van der Waals surface area contributed by atoms with Crippen LogP contribution in [0.5, 0.6) is 5.75 Å². The maximum absolute atomic E-state index is 12.2. The summed E-state index contributed by atoms with van der Waals surface area (Å²) in [6.45, 7) is 0.503. The van der Waals surface area contributed by atoms with E-state index in [0.29, 0.717) is 18.8 Å². The van der Waals surface area contributed by atoms with E-state index in [1.807, 2.05) is 0 Å². The Morgan fingerprint density at radius 3 is 2.47 bits per heavy atom. The van der Waals surface area contributed by atoms with Crippen LogP contribution < -0.4 is 4.74 Å². The van der Waals surface area contributed by atoms with Crippen LogP contribution in [-0.2, 0) is 10.0 Å². The number of hydrogen-bond acceptors (Lipinski definition) is 4. The van der Waals surface area contributed by atoms with Crippen molar-refractivity contribution in [2.75, 3.05) is 20.3 Å². The van der Waals surface area contributed by atoms with E-state index in [1.54, 1.807) is 31.3 Å². The van der Waals surface area contributed by atoms with E-state index >= 15 is 0 Å². The second-order valence-corrected chi connectivity index (χ2v) is 6.65. The molecule has 0 unspecified atom stereocenters. The molecule has 0 bridgehead atoms. The molecule has 0 radical (unpaired) electrons. The van der Waals surface area contributed by atoms with Crippen molar-refractivity contribution in [1.82, 2.24) is 4.31 Å². The maximum Gasteiger partial charge on any atom is 0.243 e. The fourth-order valence-electron chi connectivity index (χ4n) is 1.76. The highest BCUT2D eigenvalue weighted by Crippen LogP contribution is 2.30. The molecule has 106 valence electrons. The first-order valence-corrected chi connectivity index (χ1v) is 7.81. The molecule has 0 heterocycles. The Hall–Kier alpha value is -1.11. The molecule has 0 spiro atoms. The van der Waals surface area contributed by atoms with E-state index < -0.39 is 10.0 Å². The molecule has 1 saturated carbocycles. The Bertz CT molecular complexity index is 508. The Balaban J connectivity index is 2.04. The number of sulfonamides is 1. The summed E-state index contributed by atoms with van der Waals surface area (Å²) < 4.78 is 31.3. The molecule has 0 aliphatic heterocycles. The maximum atomic E-state index is 12.2. The SMILES string of the molecule is CN(C1CC1)S(=O)(=O)c1ccc(OCCCO)cc1. The predicted molar refractivity (Wildman–Crippen MR) is 71.6 cm³/mol. The van der Waals surface area contributed by atoms with Gasteiger partial charge in [0.2, 0.25) is 10.0 Å². The molecular formula is C13H19NO4S. The molecule has 5 nitrogen and oxygen atoms in total. The molecular weight excluding hydrogens is 266 g/mol. The van der Waals surface area contributed by atoms with E-state index in [2.05, 4.69) is 0 Å². The van der Waals surface area contributed by atoms with Gasteiger partial charge in [-0.25, -0.2) is 8.42 Å². The number of nitrogens with zero attached hydrogens (tertiary/aromatic N) is 1. The zero-order valence-corrected chi connectivity index (χ0v) is 11.8. The summed E-state index contributed by atoms with van der Waals surface area (Å²) >= 11 is 0. The van der Waals surface area contributed by atoms with Crippen molar-refractivity contribution >= 4 is 10.0 Å². The third-order valence-electron chi connectivity index (χ3n) is 3.13. The molecule has 1 N–H and O–H groups in total. The first kappa shape index (κ1) is 14.3. The van der Waals surface area contributed by atoms with Crippen LogP contribution in [0.2, 0.25) is 0 Å². The Morgan fingerprint density at radius 1 is 1.32 bits per heavy atom. The fourth-order valence-corrected chi connectivity index (χ4v) is 3.18. The summed E-state index contributed by atoms with van der Waals surface area (Å²) in [4.78, 5) is 0.288. The minimum Gasteiger partial charge on any atom is -0.494 e. The van der Waals surface area contributed by atoms with Crippen LogP contribution in [0.15, 0.2) is 29.2 Å². The number of benzene rings is 1. The van der Waals surface area contributed by atoms with Gasteiger partial charge in [-0.15, -0.1) is 0 Å². The molecule has 0 saturated heterocycles. The van der Waals surface area contributed by atoms with Gasteiger partial charge in [0.1, 0.15) is 5.75 Å². The minimum atomic E-state index is -3.38. The molecule has 0 aromatic heterocycles. The quantitative estimate of drug-likeness (QED) is 0.765. The van der Waals surface area contributed by atoms with Crippen LogP contribution in [-0.4, -0.2) is 44.1 Å². The molecule has 1 aliphatic rings. The third-order valence-corrected chi connectivity index (χ3v) is 5.06. The second-order valence-electron chi connectivity index (χ2n) is 4.65. The van der Waals surface area contributed by atoms with Gasteiger partial charge < -0.3 is 9.84 Å². The van der Waals surface area contributed by atoms with Crippen molar-refractivity contribution in [1.29, 1.82) is 0 Å². The third kappa shape index (κ3) is 3.46. The molecule has 0 amide bonds. The highest BCUT2D eigenvalue weighted by atomic mass is 32.2. The van der Waals surface area contributed by atoms with Crippen LogP contribution in [0.25, 0.3) is 0 Å².